The maximum atomic E-state index is 11.3. The Labute approximate surface area is 131 Å². The van der Waals surface area contributed by atoms with Crippen LogP contribution >= 0.6 is 0 Å². The number of aryl methyl sites for hydroxylation is 1. The molecule has 2 heterocycles. The number of nitrogens with zero attached hydrogens (tertiary/aromatic N) is 3. The first-order valence-electron chi connectivity index (χ1n) is 7.29. The highest BCUT2D eigenvalue weighted by atomic mass is 16.4. The number of nitrogens with one attached hydrogen (secondary N) is 1. The number of hydrogen-bond donors (Lipinski definition) is 3. The van der Waals surface area contributed by atoms with Gasteiger partial charge in [-0.2, -0.15) is 10.2 Å². The lowest BCUT2D eigenvalue weighted by Gasteiger charge is -2.13. The summed E-state index contributed by atoms with van der Waals surface area (Å²) in [5.41, 5.74) is 11.7. The third kappa shape index (κ3) is 1.93. The fourth-order valence-electron chi connectivity index (χ4n) is 3.22. The molecule has 1 aromatic carbocycles. The van der Waals surface area contributed by atoms with Crippen LogP contribution in [0.2, 0.25) is 0 Å². The summed E-state index contributed by atoms with van der Waals surface area (Å²) in [7, 11) is 1.89. The molecule has 4 rings (SSSR count). The summed E-state index contributed by atoms with van der Waals surface area (Å²) in [5, 5.41) is 20.8. The SMILES string of the molecule is Cn1nc(-c2cccc(N)c2)c2c1CCc1c-2n[nH]c1C(=O)O. The van der Waals surface area contributed by atoms with Crippen LogP contribution in [0, 0.1) is 0 Å². The number of fused-ring (bicyclic) bond motifs is 3. The summed E-state index contributed by atoms with van der Waals surface area (Å²) >= 11 is 0. The monoisotopic (exact) mass is 309 g/mol. The van der Waals surface area contributed by atoms with Crippen LogP contribution < -0.4 is 5.73 Å². The number of carboxylic acid groups (broad SMARTS) is 1. The number of benzene rings is 1. The highest BCUT2D eigenvalue weighted by molar-refractivity contribution is 5.92. The number of hydrogen-bond acceptors (Lipinski definition) is 4. The fraction of sp³-hybridized carbons (Fsp3) is 0.188. The van der Waals surface area contributed by atoms with Gasteiger partial charge in [0.05, 0.1) is 5.56 Å². The molecular weight excluding hydrogens is 294 g/mol. The van der Waals surface area contributed by atoms with Crippen LogP contribution in [-0.2, 0) is 19.9 Å². The first-order chi connectivity index (χ1) is 11.1. The number of H-pyrrole nitrogens is 1. The zero-order valence-electron chi connectivity index (χ0n) is 12.5. The number of aromatic amines is 1. The van der Waals surface area contributed by atoms with E-state index in [1.807, 2.05) is 36.0 Å². The van der Waals surface area contributed by atoms with Crippen molar-refractivity contribution in [1.82, 2.24) is 20.0 Å². The quantitative estimate of drug-likeness (QED) is 0.626. The Balaban J connectivity index is 1.98. The average molecular weight is 309 g/mol. The van der Waals surface area contributed by atoms with Crippen LogP contribution in [0.1, 0.15) is 21.7 Å². The predicted octanol–water partition coefficient (Wildman–Crippen LogP) is 1.86. The number of nitrogens with two attached hydrogens (primary N) is 1. The second-order valence-electron chi connectivity index (χ2n) is 5.65. The third-order valence-corrected chi connectivity index (χ3v) is 4.26. The molecule has 0 atom stereocenters. The number of nitrogen functional groups attached to an aromatic ring is 1. The van der Waals surface area contributed by atoms with Gasteiger partial charge in [0.25, 0.3) is 0 Å². The summed E-state index contributed by atoms with van der Waals surface area (Å²) in [6, 6.07) is 7.50. The first-order valence-corrected chi connectivity index (χ1v) is 7.29. The van der Waals surface area contributed by atoms with Gasteiger partial charge in [0.15, 0.2) is 0 Å². The van der Waals surface area contributed by atoms with Crippen LogP contribution in [0.4, 0.5) is 5.69 Å². The molecule has 0 aliphatic heterocycles. The van der Waals surface area contributed by atoms with Crippen molar-refractivity contribution in [1.29, 1.82) is 0 Å². The number of carboxylic acids is 1. The van der Waals surface area contributed by atoms with E-state index in [0.717, 1.165) is 34.5 Å². The maximum absolute atomic E-state index is 11.3. The molecule has 0 saturated carbocycles. The van der Waals surface area contributed by atoms with E-state index in [-0.39, 0.29) is 5.69 Å². The van der Waals surface area contributed by atoms with E-state index >= 15 is 0 Å². The molecule has 0 saturated heterocycles. The fourth-order valence-corrected chi connectivity index (χ4v) is 3.22. The summed E-state index contributed by atoms with van der Waals surface area (Å²) in [4.78, 5) is 11.3. The van der Waals surface area contributed by atoms with Gasteiger partial charge in [0.2, 0.25) is 0 Å². The molecule has 23 heavy (non-hydrogen) atoms. The first kappa shape index (κ1) is 13.6. The zero-order valence-corrected chi connectivity index (χ0v) is 12.5. The molecule has 0 spiro atoms. The van der Waals surface area contributed by atoms with E-state index in [0.29, 0.717) is 17.8 Å². The van der Waals surface area contributed by atoms with Crippen molar-refractivity contribution in [3.05, 3.63) is 41.2 Å². The molecule has 2 aromatic heterocycles. The smallest absolute Gasteiger partial charge is 0.354 e. The zero-order chi connectivity index (χ0) is 16.1. The average Bonchev–Trinajstić information content (AvgIpc) is 3.08. The lowest BCUT2D eigenvalue weighted by Crippen LogP contribution is -2.09. The minimum Gasteiger partial charge on any atom is -0.477 e. The number of anilines is 1. The Hall–Kier alpha value is -3.09. The van der Waals surface area contributed by atoms with Crippen LogP contribution in [0.3, 0.4) is 0 Å². The van der Waals surface area contributed by atoms with Gasteiger partial charge in [-0.3, -0.25) is 9.78 Å². The third-order valence-electron chi connectivity index (χ3n) is 4.26. The largest absolute Gasteiger partial charge is 0.477 e. The molecule has 0 unspecified atom stereocenters. The summed E-state index contributed by atoms with van der Waals surface area (Å²) in [6.45, 7) is 0. The second-order valence-corrected chi connectivity index (χ2v) is 5.65. The van der Waals surface area contributed by atoms with Crippen molar-refractivity contribution in [3.63, 3.8) is 0 Å². The van der Waals surface area contributed by atoms with E-state index in [2.05, 4.69) is 15.3 Å². The number of aromatic nitrogens is 4. The summed E-state index contributed by atoms with van der Waals surface area (Å²) in [6.07, 6.45) is 1.37. The van der Waals surface area contributed by atoms with Gasteiger partial charge in [-0.05, 0) is 25.0 Å². The summed E-state index contributed by atoms with van der Waals surface area (Å²) < 4.78 is 1.84. The summed E-state index contributed by atoms with van der Waals surface area (Å²) in [5.74, 6) is -0.989. The van der Waals surface area contributed by atoms with Gasteiger partial charge in [0, 0.05) is 29.6 Å². The van der Waals surface area contributed by atoms with Crippen molar-refractivity contribution in [2.75, 3.05) is 5.73 Å². The Morgan fingerprint density at radius 2 is 2.17 bits per heavy atom. The van der Waals surface area contributed by atoms with Gasteiger partial charge in [-0.1, -0.05) is 12.1 Å². The minimum absolute atomic E-state index is 0.160. The number of rotatable bonds is 2. The molecule has 0 radical (unpaired) electrons. The molecule has 3 aromatic rings. The Morgan fingerprint density at radius 1 is 1.35 bits per heavy atom. The van der Waals surface area contributed by atoms with Crippen LogP contribution in [0.25, 0.3) is 22.5 Å². The maximum Gasteiger partial charge on any atom is 0.354 e. The number of carbonyl (C=O) groups is 1. The molecule has 0 bridgehead atoms. The van der Waals surface area contributed by atoms with Crippen molar-refractivity contribution in [2.45, 2.75) is 12.8 Å². The molecule has 7 nitrogen and oxygen atoms in total. The molecule has 116 valence electrons. The van der Waals surface area contributed by atoms with E-state index in [1.54, 1.807) is 0 Å². The molecule has 1 aliphatic carbocycles. The van der Waals surface area contributed by atoms with Crippen LogP contribution in [-0.4, -0.2) is 31.1 Å². The predicted molar refractivity (Wildman–Crippen MR) is 85.0 cm³/mol. The van der Waals surface area contributed by atoms with Gasteiger partial charge < -0.3 is 10.8 Å². The van der Waals surface area contributed by atoms with Gasteiger partial charge >= 0.3 is 5.97 Å². The topological polar surface area (TPSA) is 110 Å². The molecule has 7 heteroatoms. The molecule has 0 amide bonds. The molecule has 4 N–H and O–H groups in total. The van der Waals surface area contributed by atoms with Crippen LogP contribution in [0.5, 0.6) is 0 Å². The van der Waals surface area contributed by atoms with Crippen molar-refractivity contribution in [3.8, 4) is 22.5 Å². The molecular formula is C16H15N5O2. The number of aromatic carboxylic acids is 1. The van der Waals surface area contributed by atoms with Crippen molar-refractivity contribution in [2.24, 2.45) is 7.05 Å². The Kier molecular flexibility index (Phi) is 2.77. The molecule has 0 fully saturated rings. The molecule has 1 aliphatic rings. The van der Waals surface area contributed by atoms with Gasteiger partial charge in [-0.15, -0.1) is 0 Å². The minimum atomic E-state index is -0.989. The van der Waals surface area contributed by atoms with E-state index in [1.165, 1.54) is 0 Å². The lowest BCUT2D eigenvalue weighted by molar-refractivity contribution is 0.0689. The highest BCUT2D eigenvalue weighted by Crippen LogP contribution is 2.40. The Bertz CT molecular complexity index is 938. The highest BCUT2D eigenvalue weighted by Gasteiger charge is 2.30. The second kappa shape index (κ2) is 4.70. The Morgan fingerprint density at radius 3 is 2.91 bits per heavy atom. The van der Waals surface area contributed by atoms with Crippen molar-refractivity contribution < 1.29 is 9.90 Å². The standard InChI is InChI=1S/C16H15N5O2/c1-21-11-6-5-10-14(18-19-15(10)16(22)23)12(11)13(20-21)8-3-2-4-9(17)7-8/h2-4,7H,5-6,17H2,1H3,(H,18,19)(H,22,23). The van der Waals surface area contributed by atoms with E-state index < -0.39 is 5.97 Å². The normalized spacial score (nSPS) is 12.7. The van der Waals surface area contributed by atoms with Gasteiger partial charge in [0.1, 0.15) is 17.1 Å². The van der Waals surface area contributed by atoms with E-state index in [9.17, 15) is 9.90 Å². The van der Waals surface area contributed by atoms with Gasteiger partial charge in [-0.25, -0.2) is 4.79 Å². The van der Waals surface area contributed by atoms with E-state index in [4.69, 9.17) is 5.73 Å². The lowest BCUT2D eigenvalue weighted by atomic mass is 9.90. The van der Waals surface area contributed by atoms with Crippen molar-refractivity contribution >= 4 is 11.7 Å². The van der Waals surface area contributed by atoms with Crippen LogP contribution in [0.15, 0.2) is 24.3 Å².